The minimum atomic E-state index is 0.212. The van der Waals surface area contributed by atoms with E-state index >= 15 is 0 Å². The van der Waals surface area contributed by atoms with E-state index in [-0.39, 0.29) is 10.8 Å². The number of hydrogen-bond acceptors (Lipinski definition) is 1. The van der Waals surface area contributed by atoms with Crippen LogP contribution in [0.15, 0.2) is 0 Å². The van der Waals surface area contributed by atoms with E-state index in [4.69, 9.17) is 11.1 Å². The molecule has 0 aromatic carbocycles. The summed E-state index contributed by atoms with van der Waals surface area (Å²) in [5.41, 5.74) is 5.89. The lowest BCUT2D eigenvalue weighted by atomic mass is 9.65. The summed E-state index contributed by atoms with van der Waals surface area (Å²) < 4.78 is 0. The zero-order valence-corrected chi connectivity index (χ0v) is 9.86. The van der Waals surface area contributed by atoms with Crippen LogP contribution in [-0.2, 0) is 0 Å². The number of nitrogens with two attached hydrogens (primary N) is 1. The van der Waals surface area contributed by atoms with E-state index in [2.05, 4.69) is 41.5 Å². The summed E-state index contributed by atoms with van der Waals surface area (Å²) in [6.45, 7) is 13.3. The van der Waals surface area contributed by atoms with E-state index < -0.39 is 0 Å². The molecular formula is C11H24N2. The second-order valence-electron chi connectivity index (χ2n) is 6.01. The molecule has 2 heteroatoms. The second-order valence-corrected chi connectivity index (χ2v) is 6.01. The average molecular weight is 184 g/mol. The third-order valence-corrected chi connectivity index (χ3v) is 2.51. The first-order chi connectivity index (χ1) is 5.55. The molecule has 0 saturated carbocycles. The van der Waals surface area contributed by atoms with Crippen LogP contribution >= 0.6 is 0 Å². The minimum Gasteiger partial charge on any atom is -0.388 e. The molecule has 0 radical (unpaired) electrons. The van der Waals surface area contributed by atoms with Crippen LogP contribution in [0.4, 0.5) is 0 Å². The molecular weight excluding hydrogens is 160 g/mol. The van der Waals surface area contributed by atoms with Crippen molar-refractivity contribution in [1.29, 1.82) is 5.41 Å². The van der Waals surface area contributed by atoms with Gasteiger partial charge in [-0.3, -0.25) is 5.41 Å². The molecule has 2 nitrogen and oxygen atoms in total. The van der Waals surface area contributed by atoms with Crippen LogP contribution in [0, 0.1) is 22.2 Å². The van der Waals surface area contributed by atoms with Gasteiger partial charge in [0.05, 0.1) is 5.84 Å². The Bertz CT molecular complexity index is 167. The molecule has 0 unspecified atom stereocenters. The van der Waals surface area contributed by atoms with Crippen molar-refractivity contribution in [2.75, 3.05) is 0 Å². The summed E-state index contributed by atoms with van der Waals surface area (Å²) >= 11 is 0. The third kappa shape index (κ3) is 4.30. The topological polar surface area (TPSA) is 49.9 Å². The van der Waals surface area contributed by atoms with Crippen molar-refractivity contribution in [2.24, 2.45) is 22.5 Å². The largest absolute Gasteiger partial charge is 0.388 e. The van der Waals surface area contributed by atoms with Gasteiger partial charge in [-0.2, -0.15) is 0 Å². The monoisotopic (exact) mass is 184 g/mol. The van der Waals surface area contributed by atoms with Gasteiger partial charge in [-0.05, 0) is 16.7 Å². The van der Waals surface area contributed by atoms with Crippen molar-refractivity contribution in [3.05, 3.63) is 0 Å². The molecule has 0 bridgehead atoms. The second kappa shape index (κ2) is 3.69. The molecule has 0 spiro atoms. The summed E-state index contributed by atoms with van der Waals surface area (Å²) in [6.07, 6.45) is 0.701. The Morgan fingerprint density at radius 1 is 1.08 bits per heavy atom. The van der Waals surface area contributed by atoms with Gasteiger partial charge < -0.3 is 5.73 Å². The number of nitrogens with one attached hydrogen (secondary N) is 1. The van der Waals surface area contributed by atoms with E-state index in [1.807, 2.05) is 0 Å². The van der Waals surface area contributed by atoms with Gasteiger partial charge in [0.15, 0.2) is 0 Å². The maximum absolute atomic E-state index is 7.36. The highest BCUT2D eigenvalue weighted by molar-refractivity contribution is 5.77. The average Bonchev–Trinajstić information content (AvgIpc) is 1.77. The van der Waals surface area contributed by atoms with E-state index in [9.17, 15) is 0 Å². The summed E-state index contributed by atoms with van der Waals surface area (Å²) in [6, 6.07) is 0. The van der Waals surface area contributed by atoms with E-state index in [0.717, 1.165) is 0 Å². The van der Waals surface area contributed by atoms with Crippen molar-refractivity contribution in [2.45, 2.75) is 48.0 Å². The number of amidine groups is 1. The van der Waals surface area contributed by atoms with Crippen LogP contribution < -0.4 is 5.73 Å². The molecule has 0 aromatic rings. The van der Waals surface area contributed by atoms with Crippen molar-refractivity contribution in [1.82, 2.24) is 0 Å². The van der Waals surface area contributed by atoms with Gasteiger partial charge in [-0.1, -0.05) is 41.5 Å². The lowest BCUT2D eigenvalue weighted by Crippen LogP contribution is -2.35. The fourth-order valence-electron chi connectivity index (χ4n) is 2.13. The standard InChI is InChI=1S/C11H24N2/c1-10(2,3)8(7-9(12)13)11(4,5)6/h8H,7H2,1-6H3,(H3,12,13). The van der Waals surface area contributed by atoms with E-state index in [1.54, 1.807) is 0 Å². The molecule has 13 heavy (non-hydrogen) atoms. The van der Waals surface area contributed by atoms with Crippen LogP contribution in [0.5, 0.6) is 0 Å². The molecule has 0 atom stereocenters. The zero-order chi connectivity index (χ0) is 10.9. The smallest absolute Gasteiger partial charge is 0.0908 e. The first-order valence-corrected chi connectivity index (χ1v) is 4.88. The molecule has 0 aliphatic rings. The summed E-state index contributed by atoms with van der Waals surface area (Å²) in [4.78, 5) is 0. The SMILES string of the molecule is CC(C)(C)C(CC(=N)N)C(C)(C)C. The number of rotatable bonds is 2. The molecule has 0 saturated heterocycles. The normalized spacial score (nSPS) is 13.5. The molecule has 0 fully saturated rings. The van der Waals surface area contributed by atoms with Crippen LogP contribution in [0.3, 0.4) is 0 Å². The Morgan fingerprint density at radius 3 is 1.46 bits per heavy atom. The van der Waals surface area contributed by atoms with Gasteiger partial charge in [0, 0.05) is 6.42 Å². The number of hydrogen-bond donors (Lipinski definition) is 2. The van der Waals surface area contributed by atoms with E-state index in [0.29, 0.717) is 18.2 Å². The van der Waals surface area contributed by atoms with Crippen LogP contribution in [-0.4, -0.2) is 5.84 Å². The fourth-order valence-corrected chi connectivity index (χ4v) is 2.13. The molecule has 0 rings (SSSR count). The van der Waals surface area contributed by atoms with Gasteiger partial charge in [0.1, 0.15) is 0 Å². The maximum Gasteiger partial charge on any atom is 0.0908 e. The Labute approximate surface area is 82.4 Å². The quantitative estimate of drug-likeness (QED) is 0.503. The van der Waals surface area contributed by atoms with Gasteiger partial charge in [-0.25, -0.2) is 0 Å². The van der Waals surface area contributed by atoms with E-state index in [1.165, 1.54) is 0 Å². The maximum atomic E-state index is 7.36. The van der Waals surface area contributed by atoms with Gasteiger partial charge in [0.2, 0.25) is 0 Å². The minimum absolute atomic E-state index is 0.212. The predicted octanol–water partition coefficient (Wildman–Crippen LogP) is 3.02. The lowest BCUT2D eigenvalue weighted by molar-refractivity contribution is 0.108. The summed E-state index contributed by atoms with van der Waals surface area (Å²) in [5.74, 6) is 0.757. The lowest BCUT2D eigenvalue weighted by Gasteiger charge is -2.40. The van der Waals surface area contributed by atoms with Crippen LogP contribution in [0.2, 0.25) is 0 Å². The molecule has 0 aromatic heterocycles. The molecule has 3 N–H and O–H groups in total. The first kappa shape index (κ1) is 12.5. The molecule has 0 aliphatic heterocycles. The highest BCUT2D eigenvalue weighted by Gasteiger charge is 2.34. The highest BCUT2D eigenvalue weighted by Crippen LogP contribution is 2.41. The Hall–Kier alpha value is -0.530. The molecule has 78 valence electrons. The van der Waals surface area contributed by atoms with Crippen molar-refractivity contribution in [3.63, 3.8) is 0 Å². The molecule has 0 aliphatic carbocycles. The molecule has 0 heterocycles. The summed E-state index contributed by atoms with van der Waals surface area (Å²) in [5, 5.41) is 7.36. The highest BCUT2D eigenvalue weighted by atomic mass is 14.7. The Morgan fingerprint density at radius 2 is 1.38 bits per heavy atom. The van der Waals surface area contributed by atoms with Crippen LogP contribution in [0.25, 0.3) is 0 Å². The third-order valence-electron chi connectivity index (χ3n) is 2.51. The molecule has 0 amide bonds. The Balaban J connectivity index is 4.68. The van der Waals surface area contributed by atoms with Crippen molar-refractivity contribution >= 4 is 5.84 Å². The fraction of sp³-hybridized carbons (Fsp3) is 0.909. The summed E-state index contributed by atoms with van der Waals surface area (Å²) in [7, 11) is 0. The van der Waals surface area contributed by atoms with Crippen molar-refractivity contribution in [3.8, 4) is 0 Å². The van der Waals surface area contributed by atoms with Crippen LogP contribution in [0.1, 0.15) is 48.0 Å². The Kier molecular flexibility index (Phi) is 3.54. The zero-order valence-electron chi connectivity index (χ0n) is 9.86. The van der Waals surface area contributed by atoms with Gasteiger partial charge in [0.25, 0.3) is 0 Å². The predicted molar refractivity (Wildman–Crippen MR) is 58.9 cm³/mol. The van der Waals surface area contributed by atoms with Gasteiger partial charge in [-0.15, -0.1) is 0 Å². The van der Waals surface area contributed by atoms with Gasteiger partial charge >= 0.3 is 0 Å². The first-order valence-electron chi connectivity index (χ1n) is 4.88. The van der Waals surface area contributed by atoms with Crippen molar-refractivity contribution < 1.29 is 0 Å².